The van der Waals surface area contributed by atoms with Crippen molar-refractivity contribution >= 4 is 29.0 Å². The van der Waals surface area contributed by atoms with Gasteiger partial charge in [0.2, 0.25) is 0 Å². The first kappa shape index (κ1) is 20.3. The van der Waals surface area contributed by atoms with Crippen LogP contribution in [0.3, 0.4) is 0 Å². The third-order valence-electron chi connectivity index (χ3n) is 5.62. The fraction of sp³-hybridized carbons (Fsp3) is 0.107. The van der Waals surface area contributed by atoms with E-state index in [4.69, 9.17) is 0 Å². The Hall–Kier alpha value is -3.02. The normalized spacial score (nSPS) is 12.3. The van der Waals surface area contributed by atoms with Gasteiger partial charge in [-0.1, -0.05) is 84.9 Å². The molecule has 2 heteroatoms. The Morgan fingerprint density at radius 3 is 1.27 bits per heavy atom. The highest BCUT2D eigenvalue weighted by Crippen LogP contribution is 2.67. The lowest BCUT2D eigenvalue weighted by atomic mass is 10.1. The Balaban J connectivity index is 2.12. The van der Waals surface area contributed by atoms with Crippen molar-refractivity contribution in [3.05, 3.63) is 127 Å². The minimum absolute atomic E-state index is 0.0726. The van der Waals surface area contributed by atoms with E-state index < -0.39 is 7.26 Å². The molecule has 0 bridgehead atoms. The van der Waals surface area contributed by atoms with Crippen molar-refractivity contribution in [1.82, 2.24) is 0 Å². The van der Waals surface area contributed by atoms with E-state index in [0.29, 0.717) is 6.42 Å². The molecule has 0 saturated heterocycles. The average Bonchev–Trinajstić information content (AvgIpc) is 2.81. The lowest BCUT2D eigenvalue weighted by molar-refractivity contribution is -0.117. The lowest BCUT2D eigenvalue weighted by Crippen LogP contribution is -2.36. The zero-order valence-electron chi connectivity index (χ0n) is 17.2. The maximum atomic E-state index is 12.6. The van der Waals surface area contributed by atoms with Gasteiger partial charge < -0.3 is 0 Å². The molecular formula is C28H26OP+. The molecule has 0 aromatic heterocycles. The minimum Gasteiger partial charge on any atom is -0.300 e. The van der Waals surface area contributed by atoms with Crippen LogP contribution in [0, 0.1) is 0 Å². The number of rotatable bonds is 7. The first-order valence-electron chi connectivity index (χ1n) is 10.3. The Bertz CT molecular complexity index is 980. The molecule has 30 heavy (non-hydrogen) atoms. The number of benzene rings is 4. The van der Waals surface area contributed by atoms with E-state index in [2.05, 4.69) is 115 Å². The molecule has 0 heterocycles. The zero-order chi connectivity index (χ0) is 20.8. The van der Waals surface area contributed by atoms with Gasteiger partial charge in [-0.15, -0.1) is 0 Å². The van der Waals surface area contributed by atoms with Gasteiger partial charge in [-0.2, -0.15) is 0 Å². The molecular weight excluding hydrogens is 383 g/mol. The molecule has 0 aliphatic heterocycles. The van der Waals surface area contributed by atoms with Gasteiger partial charge in [-0.25, -0.2) is 0 Å². The number of hydrogen-bond donors (Lipinski definition) is 0. The van der Waals surface area contributed by atoms with Crippen molar-refractivity contribution < 1.29 is 4.79 Å². The molecule has 4 aromatic rings. The molecule has 148 valence electrons. The van der Waals surface area contributed by atoms with Crippen LogP contribution in [0.5, 0.6) is 0 Å². The largest absolute Gasteiger partial charge is 0.300 e. The summed E-state index contributed by atoms with van der Waals surface area (Å²) in [6.45, 7) is 1.71. The van der Waals surface area contributed by atoms with Gasteiger partial charge in [-0.3, -0.25) is 4.79 Å². The summed E-state index contributed by atoms with van der Waals surface area (Å²) in [5, 5.41) is 3.91. The summed E-state index contributed by atoms with van der Waals surface area (Å²) in [4.78, 5) is 12.6. The maximum Gasteiger partial charge on any atom is 0.134 e. The third kappa shape index (κ3) is 3.86. The summed E-state index contributed by atoms with van der Waals surface area (Å²) >= 11 is 0. The van der Waals surface area contributed by atoms with Crippen LogP contribution >= 0.6 is 7.26 Å². The van der Waals surface area contributed by atoms with E-state index >= 15 is 0 Å². The Morgan fingerprint density at radius 1 is 0.600 bits per heavy atom. The molecule has 0 radical (unpaired) electrons. The standard InChI is InChI=1S/C28H26OP/c1-23(29)22-28(24-14-6-2-7-15-24)30(25-16-8-3-9-17-25,26-18-10-4-11-19-26)27-20-12-5-13-21-27/h2-21,28H,22H2,1H3/q+1. The van der Waals surface area contributed by atoms with Crippen molar-refractivity contribution in [2.45, 2.75) is 19.0 Å². The monoisotopic (exact) mass is 409 g/mol. The topological polar surface area (TPSA) is 17.1 Å². The van der Waals surface area contributed by atoms with E-state index in [-0.39, 0.29) is 11.4 Å². The SMILES string of the molecule is CC(=O)CC(c1ccccc1)[P+](c1ccccc1)(c1ccccc1)c1ccccc1. The van der Waals surface area contributed by atoms with E-state index in [0.717, 1.165) is 0 Å². The quantitative estimate of drug-likeness (QED) is 0.358. The second-order valence-corrected chi connectivity index (χ2v) is 11.2. The van der Waals surface area contributed by atoms with Crippen LogP contribution in [0.4, 0.5) is 0 Å². The second-order valence-electron chi connectivity index (χ2n) is 7.56. The lowest BCUT2D eigenvalue weighted by Gasteiger charge is -2.34. The van der Waals surface area contributed by atoms with Crippen molar-refractivity contribution in [2.24, 2.45) is 0 Å². The van der Waals surface area contributed by atoms with E-state index in [1.807, 2.05) is 6.07 Å². The number of Topliss-reactive ketones (excluding diaryl/α,β-unsaturated/α-hetero) is 1. The van der Waals surface area contributed by atoms with Crippen LogP contribution in [-0.4, -0.2) is 5.78 Å². The van der Waals surface area contributed by atoms with E-state index in [1.165, 1.54) is 21.5 Å². The van der Waals surface area contributed by atoms with Crippen LogP contribution in [-0.2, 0) is 4.79 Å². The Morgan fingerprint density at radius 2 is 0.933 bits per heavy atom. The average molecular weight is 409 g/mol. The Kier molecular flexibility index (Phi) is 6.21. The van der Waals surface area contributed by atoms with E-state index in [9.17, 15) is 4.79 Å². The highest BCUT2D eigenvalue weighted by Gasteiger charge is 2.53. The Labute approximate surface area is 179 Å². The molecule has 1 atom stereocenters. The molecule has 0 saturated carbocycles. The summed E-state index contributed by atoms with van der Waals surface area (Å²) in [5.74, 6) is 0.219. The minimum atomic E-state index is -2.16. The summed E-state index contributed by atoms with van der Waals surface area (Å²) in [6.07, 6.45) is 0.510. The van der Waals surface area contributed by atoms with Gasteiger partial charge in [0.1, 0.15) is 34.6 Å². The smallest absolute Gasteiger partial charge is 0.134 e. The molecule has 0 N–H and O–H groups in total. The van der Waals surface area contributed by atoms with Gasteiger partial charge in [0.25, 0.3) is 0 Å². The van der Waals surface area contributed by atoms with Gasteiger partial charge in [0.05, 0.1) is 0 Å². The van der Waals surface area contributed by atoms with Crippen LogP contribution < -0.4 is 15.9 Å². The molecule has 0 spiro atoms. The second kappa shape index (κ2) is 9.20. The van der Waals surface area contributed by atoms with Crippen molar-refractivity contribution in [1.29, 1.82) is 0 Å². The number of ketones is 1. The predicted octanol–water partition coefficient (Wildman–Crippen LogP) is 5.70. The van der Waals surface area contributed by atoms with Crippen LogP contribution in [0.15, 0.2) is 121 Å². The fourth-order valence-electron chi connectivity index (χ4n) is 4.40. The van der Waals surface area contributed by atoms with Gasteiger partial charge in [-0.05, 0) is 48.9 Å². The molecule has 0 aliphatic rings. The van der Waals surface area contributed by atoms with E-state index in [1.54, 1.807) is 6.92 Å². The zero-order valence-corrected chi connectivity index (χ0v) is 18.1. The van der Waals surface area contributed by atoms with Gasteiger partial charge >= 0.3 is 0 Å². The van der Waals surface area contributed by atoms with Crippen LogP contribution in [0.1, 0.15) is 24.6 Å². The molecule has 1 nitrogen and oxygen atoms in total. The van der Waals surface area contributed by atoms with Crippen LogP contribution in [0.2, 0.25) is 0 Å². The molecule has 0 aliphatic carbocycles. The molecule has 0 fully saturated rings. The van der Waals surface area contributed by atoms with Gasteiger partial charge in [0, 0.05) is 6.42 Å². The maximum absolute atomic E-state index is 12.6. The summed E-state index contributed by atoms with van der Waals surface area (Å²) in [5.41, 5.74) is 1.29. The summed E-state index contributed by atoms with van der Waals surface area (Å²) in [6, 6.07) is 42.9. The summed E-state index contributed by atoms with van der Waals surface area (Å²) in [7, 11) is -2.16. The first-order chi connectivity index (χ1) is 14.7. The van der Waals surface area contributed by atoms with Crippen molar-refractivity contribution in [3.63, 3.8) is 0 Å². The molecule has 4 rings (SSSR count). The predicted molar refractivity (Wildman–Crippen MR) is 130 cm³/mol. The highest BCUT2D eigenvalue weighted by atomic mass is 31.2. The molecule has 1 unspecified atom stereocenters. The first-order valence-corrected chi connectivity index (χ1v) is 12.2. The summed E-state index contributed by atoms with van der Waals surface area (Å²) < 4.78 is 0. The number of carbonyl (C=O) groups excluding carboxylic acids is 1. The molecule has 4 aromatic carbocycles. The molecule has 0 amide bonds. The van der Waals surface area contributed by atoms with Crippen molar-refractivity contribution in [3.8, 4) is 0 Å². The highest BCUT2D eigenvalue weighted by molar-refractivity contribution is 7.96. The van der Waals surface area contributed by atoms with Crippen molar-refractivity contribution in [2.75, 3.05) is 0 Å². The van der Waals surface area contributed by atoms with Gasteiger partial charge in [0.15, 0.2) is 0 Å². The third-order valence-corrected chi connectivity index (χ3v) is 10.4. The fourth-order valence-corrected chi connectivity index (χ4v) is 9.45. The van der Waals surface area contributed by atoms with Crippen LogP contribution in [0.25, 0.3) is 0 Å². The number of hydrogen-bond acceptors (Lipinski definition) is 1. The number of carbonyl (C=O) groups is 1.